The van der Waals surface area contributed by atoms with Gasteiger partial charge in [0, 0.05) is 12.4 Å². The summed E-state index contributed by atoms with van der Waals surface area (Å²) < 4.78 is 6.83. The minimum atomic E-state index is -0.138. The van der Waals surface area contributed by atoms with E-state index in [4.69, 9.17) is 4.74 Å². The van der Waals surface area contributed by atoms with Crippen molar-refractivity contribution in [2.24, 2.45) is 0 Å². The molecule has 0 fully saturated rings. The summed E-state index contributed by atoms with van der Waals surface area (Å²) in [4.78, 5) is 15.4. The Balaban J connectivity index is 1.98. The molecule has 0 N–H and O–H groups in total. The molecule has 1 aromatic carbocycles. The Hall–Kier alpha value is -2.10. The van der Waals surface area contributed by atoms with Gasteiger partial charge in [-0.25, -0.2) is 4.98 Å². The largest absolute Gasteiger partial charge is 0.484 e. The Labute approximate surface area is 99.9 Å². The van der Waals surface area contributed by atoms with E-state index in [9.17, 15) is 4.79 Å². The molecule has 4 nitrogen and oxygen atoms in total. The number of aryl methyl sites for hydroxylation is 2. The van der Waals surface area contributed by atoms with Crippen molar-refractivity contribution in [3.8, 4) is 5.75 Å². The van der Waals surface area contributed by atoms with Crippen LogP contribution in [0.25, 0.3) is 0 Å². The zero-order valence-electron chi connectivity index (χ0n) is 9.88. The van der Waals surface area contributed by atoms with Gasteiger partial charge in [-0.2, -0.15) is 0 Å². The smallest absolute Gasteiger partial charge is 0.269 e. The van der Waals surface area contributed by atoms with E-state index >= 15 is 0 Å². The first-order chi connectivity index (χ1) is 8.16. The minimum absolute atomic E-state index is 0.0128. The number of carbonyl (C=O) groups is 1. The lowest BCUT2D eigenvalue weighted by atomic mass is 10.1. The van der Waals surface area contributed by atoms with Crippen molar-refractivity contribution >= 4 is 5.91 Å². The van der Waals surface area contributed by atoms with Gasteiger partial charge in [-0.15, -0.1) is 0 Å². The number of hydrogen-bond donors (Lipinski definition) is 0. The van der Waals surface area contributed by atoms with Crippen LogP contribution in [0.2, 0.25) is 0 Å². The van der Waals surface area contributed by atoms with Crippen LogP contribution in [0.5, 0.6) is 5.75 Å². The second-order valence-electron chi connectivity index (χ2n) is 3.90. The molecule has 0 aliphatic heterocycles. The third-order valence-corrected chi connectivity index (χ3v) is 2.63. The van der Waals surface area contributed by atoms with Gasteiger partial charge < -0.3 is 4.74 Å². The van der Waals surface area contributed by atoms with Crippen LogP contribution in [0.3, 0.4) is 0 Å². The molecule has 0 spiro atoms. The lowest BCUT2D eigenvalue weighted by molar-refractivity contribution is 0.0837. The maximum absolute atomic E-state index is 11.6. The second-order valence-corrected chi connectivity index (χ2v) is 3.90. The van der Waals surface area contributed by atoms with Gasteiger partial charge in [0.25, 0.3) is 5.91 Å². The summed E-state index contributed by atoms with van der Waals surface area (Å²) in [6, 6.07) is 5.77. The quantitative estimate of drug-likeness (QED) is 0.812. The van der Waals surface area contributed by atoms with Crippen LogP contribution in [0, 0.1) is 13.8 Å². The number of hydrogen-bond acceptors (Lipinski definition) is 3. The number of benzene rings is 1. The number of imidazole rings is 1. The first-order valence-electron chi connectivity index (χ1n) is 5.38. The van der Waals surface area contributed by atoms with E-state index in [-0.39, 0.29) is 12.5 Å². The van der Waals surface area contributed by atoms with Crippen LogP contribution in [0.1, 0.15) is 15.9 Å². The minimum Gasteiger partial charge on any atom is -0.484 e. The summed E-state index contributed by atoms with van der Waals surface area (Å²) in [6.07, 6.45) is 4.63. The zero-order valence-corrected chi connectivity index (χ0v) is 9.88. The molecule has 2 rings (SSSR count). The normalized spacial score (nSPS) is 10.2. The lowest BCUT2D eigenvalue weighted by Gasteiger charge is -2.07. The van der Waals surface area contributed by atoms with Gasteiger partial charge in [-0.3, -0.25) is 9.36 Å². The molecule has 0 atom stereocenters. The van der Waals surface area contributed by atoms with Crippen molar-refractivity contribution in [1.29, 1.82) is 0 Å². The molecular weight excluding hydrogens is 216 g/mol. The molecule has 2 aromatic rings. The van der Waals surface area contributed by atoms with Gasteiger partial charge in [-0.05, 0) is 37.1 Å². The number of rotatable bonds is 3. The van der Waals surface area contributed by atoms with Crippen molar-refractivity contribution < 1.29 is 9.53 Å². The molecule has 0 bridgehead atoms. The van der Waals surface area contributed by atoms with Crippen molar-refractivity contribution in [2.75, 3.05) is 6.61 Å². The summed E-state index contributed by atoms with van der Waals surface area (Å²) in [5.41, 5.74) is 2.36. The average molecular weight is 230 g/mol. The predicted molar refractivity (Wildman–Crippen MR) is 64.3 cm³/mol. The number of ether oxygens (including phenoxy) is 1. The highest BCUT2D eigenvalue weighted by Crippen LogP contribution is 2.16. The van der Waals surface area contributed by atoms with Crippen molar-refractivity contribution in [2.45, 2.75) is 13.8 Å². The van der Waals surface area contributed by atoms with Crippen LogP contribution < -0.4 is 4.74 Å². The summed E-state index contributed by atoms with van der Waals surface area (Å²) in [7, 11) is 0. The summed E-state index contributed by atoms with van der Waals surface area (Å²) in [6.45, 7) is 4.06. The zero-order chi connectivity index (χ0) is 12.3. The highest BCUT2D eigenvalue weighted by Gasteiger charge is 2.05. The molecule has 0 saturated carbocycles. The number of aromatic nitrogens is 2. The molecule has 1 heterocycles. The summed E-state index contributed by atoms with van der Waals surface area (Å²) >= 11 is 0. The van der Waals surface area contributed by atoms with E-state index in [1.165, 1.54) is 16.5 Å². The van der Waals surface area contributed by atoms with Gasteiger partial charge in [-0.1, -0.05) is 6.07 Å². The average Bonchev–Trinajstić information content (AvgIpc) is 2.84. The molecule has 17 heavy (non-hydrogen) atoms. The molecule has 0 unspecified atom stereocenters. The van der Waals surface area contributed by atoms with E-state index in [0.717, 1.165) is 5.56 Å². The van der Waals surface area contributed by atoms with Gasteiger partial charge in [0.1, 0.15) is 12.1 Å². The predicted octanol–water partition coefficient (Wildman–Crippen LogP) is 2.22. The van der Waals surface area contributed by atoms with E-state index in [1.807, 2.05) is 32.0 Å². The molecule has 0 saturated heterocycles. The molecule has 0 amide bonds. The first-order valence-corrected chi connectivity index (χ1v) is 5.38. The van der Waals surface area contributed by atoms with Crippen molar-refractivity contribution in [1.82, 2.24) is 9.55 Å². The standard InChI is InChI=1S/C13H14N2O2/c1-10-3-4-12(7-11(10)2)17-8-13(16)15-6-5-14-9-15/h3-7,9H,8H2,1-2H3. The third kappa shape index (κ3) is 2.72. The van der Waals surface area contributed by atoms with E-state index in [1.54, 1.807) is 12.4 Å². The Morgan fingerprint density at radius 1 is 1.35 bits per heavy atom. The summed E-state index contributed by atoms with van der Waals surface area (Å²) in [5, 5.41) is 0. The van der Waals surface area contributed by atoms with Crippen LogP contribution in [0.15, 0.2) is 36.9 Å². The number of carbonyl (C=O) groups excluding carboxylic acids is 1. The highest BCUT2D eigenvalue weighted by molar-refractivity contribution is 5.80. The fraction of sp³-hybridized carbons (Fsp3) is 0.231. The van der Waals surface area contributed by atoms with Gasteiger partial charge in [0.15, 0.2) is 6.61 Å². The monoisotopic (exact) mass is 230 g/mol. The Bertz CT molecular complexity index is 518. The fourth-order valence-electron chi connectivity index (χ4n) is 1.43. The maximum atomic E-state index is 11.6. The molecule has 1 aromatic heterocycles. The topological polar surface area (TPSA) is 44.1 Å². The van der Waals surface area contributed by atoms with Gasteiger partial charge >= 0.3 is 0 Å². The van der Waals surface area contributed by atoms with Crippen LogP contribution in [0.4, 0.5) is 0 Å². The Kier molecular flexibility index (Phi) is 3.23. The molecule has 4 heteroatoms. The summed E-state index contributed by atoms with van der Waals surface area (Å²) in [5.74, 6) is 0.572. The van der Waals surface area contributed by atoms with Crippen LogP contribution in [-0.4, -0.2) is 22.1 Å². The van der Waals surface area contributed by atoms with E-state index in [0.29, 0.717) is 5.75 Å². The molecule has 0 aliphatic rings. The van der Waals surface area contributed by atoms with Gasteiger partial charge in [0.2, 0.25) is 0 Å². The van der Waals surface area contributed by atoms with Gasteiger partial charge in [0.05, 0.1) is 0 Å². The van der Waals surface area contributed by atoms with E-state index in [2.05, 4.69) is 4.98 Å². The molecule has 88 valence electrons. The highest BCUT2D eigenvalue weighted by atomic mass is 16.5. The maximum Gasteiger partial charge on any atom is 0.269 e. The van der Waals surface area contributed by atoms with E-state index < -0.39 is 0 Å². The van der Waals surface area contributed by atoms with Crippen LogP contribution >= 0.6 is 0 Å². The second kappa shape index (κ2) is 4.82. The fourth-order valence-corrected chi connectivity index (χ4v) is 1.43. The van der Waals surface area contributed by atoms with Crippen molar-refractivity contribution in [3.63, 3.8) is 0 Å². The third-order valence-electron chi connectivity index (χ3n) is 2.63. The molecule has 0 radical (unpaired) electrons. The SMILES string of the molecule is Cc1ccc(OCC(=O)n2ccnc2)cc1C. The molecular formula is C13H14N2O2. The lowest BCUT2D eigenvalue weighted by Crippen LogP contribution is -2.17. The molecule has 0 aliphatic carbocycles. The van der Waals surface area contributed by atoms with Crippen molar-refractivity contribution in [3.05, 3.63) is 48.0 Å². The Morgan fingerprint density at radius 3 is 2.82 bits per heavy atom. The first kappa shape index (κ1) is 11.4. The number of nitrogens with zero attached hydrogens (tertiary/aromatic N) is 2. The van der Waals surface area contributed by atoms with Crippen LogP contribution in [-0.2, 0) is 0 Å². The Morgan fingerprint density at radius 2 is 2.18 bits per heavy atom.